The van der Waals surface area contributed by atoms with Crippen LogP contribution in [0.1, 0.15) is 22.8 Å². The van der Waals surface area contributed by atoms with Crippen molar-refractivity contribution in [3.8, 4) is 0 Å². The van der Waals surface area contributed by atoms with E-state index in [1.807, 2.05) is 30.3 Å². The van der Waals surface area contributed by atoms with Crippen LogP contribution in [0.5, 0.6) is 0 Å². The van der Waals surface area contributed by atoms with E-state index in [0.29, 0.717) is 13.2 Å². The second kappa shape index (κ2) is 7.29. The van der Waals surface area contributed by atoms with Crippen LogP contribution in [0.2, 0.25) is 0 Å². The minimum absolute atomic E-state index is 0.0487. The number of nitrogens with one attached hydrogen (secondary N) is 1. The van der Waals surface area contributed by atoms with Gasteiger partial charge in [-0.1, -0.05) is 54.6 Å². The molecule has 0 fully saturated rings. The molecule has 2 nitrogen and oxygen atoms in total. The monoisotopic (exact) mass is 275 g/mol. The lowest BCUT2D eigenvalue weighted by Crippen LogP contribution is -2.15. The van der Waals surface area contributed by atoms with Gasteiger partial charge < -0.3 is 4.74 Å². The Balaban J connectivity index is 2.27. The third-order valence-corrected chi connectivity index (χ3v) is 3.24. The van der Waals surface area contributed by atoms with Crippen LogP contribution in [0.4, 0.5) is 0 Å². The molecule has 19 heavy (non-hydrogen) atoms. The quantitative estimate of drug-likeness (QED) is 0.639. The second-order valence-electron chi connectivity index (χ2n) is 4.40. The zero-order valence-corrected chi connectivity index (χ0v) is 11.7. The molecule has 0 heterocycles. The number of aryl methyl sites for hydroxylation is 1. The summed E-state index contributed by atoms with van der Waals surface area (Å²) < 4.78 is 5.99. The van der Waals surface area contributed by atoms with Crippen LogP contribution in [0, 0.1) is 6.92 Å². The summed E-state index contributed by atoms with van der Waals surface area (Å²) in [5.41, 5.74) is 3.59. The van der Waals surface area contributed by atoms with E-state index in [1.54, 1.807) is 0 Å². The Bertz CT molecular complexity index is 501. The highest BCUT2D eigenvalue weighted by Gasteiger charge is 2.15. The van der Waals surface area contributed by atoms with Crippen LogP contribution in [0.15, 0.2) is 54.6 Å². The van der Waals surface area contributed by atoms with Crippen molar-refractivity contribution >= 4 is 11.8 Å². The molecule has 3 heteroatoms. The van der Waals surface area contributed by atoms with Crippen LogP contribution in [0.25, 0.3) is 0 Å². The van der Waals surface area contributed by atoms with Gasteiger partial charge in [-0.2, -0.15) is 0 Å². The fourth-order valence-electron chi connectivity index (χ4n) is 2.09. The summed E-state index contributed by atoms with van der Waals surface area (Å²) in [6, 6.07) is 18.6. The Morgan fingerprint density at radius 2 is 1.74 bits per heavy atom. The topological polar surface area (TPSA) is 21.3 Å². The predicted molar refractivity (Wildman–Crippen MR) is 79.3 cm³/mol. The van der Waals surface area contributed by atoms with Gasteiger partial charge in [-0.25, -0.2) is 4.84 Å². The Morgan fingerprint density at radius 3 is 2.42 bits per heavy atom. The lowest BCUT2D eigenvalue weighted by Gasteiger charge is -2.20. The molecule has 0 bridgehead atoms. The highest BCUT2D eigenvalue weighted by atomic mass is 35.5. The fraction of sp³-hybridized carbons (Fsp3) is 0.250. The highest BCUT2D eigenvalue weighted by Crippen LogP contribution is 2.28. The van der Waals surface area contributed by atoms with Crippen molar-refractivity contribution in [1.82, 2.24) is 4.84 Å². The van der Waals surface area contributed by atoms with Crippen molar-refractivity contribution in [2.75, 3.05) is 13.2 Å². The Kier molecular flexibility index (Phi) is 5.40. The first-order valence-corrected chi connectivity index (χ1v) is 6.76. The number of hydrogen-bond acceptors (Lipinski definition) is 2. The van der Waals surface area contributed by atoms with Gasteiger partial charge in [0.25, 0.3) is 0 Å². The number of hydrogen-bond donors (Lipinski definition) is 1. The summed E-state index contributed by atoms with van der Waals surface area (Å²) in [7, 11) is 0. The van der Waals surface area contributed by atoms with E-state index < -0.39 is 0 Å². The molecule has 0 aromatic heterocycles. The molecule has 0 aliphatic heterocycles. The predicted octanol–water partition coefficient (Wildman–Crippen LogP) is 3.84. The maximum Gasteiger partial charge on any atom is 0.108 e. The summed E-state index contributed by atoms with van der Waals surface area (Å²) in [5, 5.41) is 0. The standard InChI is InChI=1S/C16H18ClNO/c1-13-7-5-6-10-15(13)16(19-12-11-18-17)14-8-3-2-4-9-14/h2-10,16,18H,11-12H2,1H3/t16-/m0/s1. The fourth-order valence-corrected chi connectivity index (χ4v) is 2.17. The number of ether oxygens (including phenoxy) is 1. The average Bonchev–Trinajstić information content (AvgIpc) is 2.46. The first-order chi connectivity index (χ1) is 9.33. The minimum Gasteiger partial charge on any atom is -0.367 e. The van der Waals surface area contributed by atoms with E-state index in [4.69, 9.17) is 16.5 Å². The van der Waals surface area contributed by atoms with Crippen LogP contribution in [-0.2, 0) is 4.74 Å². The number of halogens is 1. The van der Waals surface area contributed by atoms with Crippen molar-refractivity contribution in [1.29, 1.82) is 0 Å². The third kappa shape index (κ3) is 3.80. The SMILES string of the molecule is Cc1ccccc1[C@@H](OCCNCl)c1ccccc1. The molecular formula is C16H18ClNO. The maximum absolute atomic E-state index is 5.99. The molecule has 1 N–H and O–H groups in total. The lowest BCUT2D eigenvalue weighted by atomic mass is 9.97. The van der Waals surface area contributed by atoms with Gasteiger partial charge in [-0.05, 0) is 35.4 Å². The molecule has 2 aromatic carbocycles. The molecule has 100 valence electrons. The molecule has 0 radical (unpaired) electrons. The van der Waals surface area contributed by atoms with Crippen molar-refractivity contribution < 1.29 is 4.74 Å². The van der Waals surface area contributed by atoms with Gasteiger partial charge in [-0.3, -0.25) is 0 Å². The zero-order chi connectivity index (χ0) is 13.5. The van der Waals surface area contributed by atoms with Crippen molar-refractivity contribution in [2.24, 2.45) is 0 Å². The molecule has 1 atom stereocenters. The highest BCUT2D eigenvalue weighted by molar-refractivity contribution is 6.13. The first-order valence-electron chi connectivity index (χ1n) is 6.38. The van der Waals surface area contributed by atoms with Crippen molar-refractivity contribution in [3.05, 3.63) is 71.3 Å². The van der Waals surface area contributed by atoms with Crippen LogP contribution in [0.3, 0.4) is 0 Å². The second-order valence-corrected chi connectivity index (χ2v) is 4.67. The van der Waals surface area contributed by atoms with Crippen LogP contribution >= 0.6 is 11.8 Å². The molecule has 0 unspecified atom stereocenters. The molecule has 2 aromatic rings. The summed E-state index contributed by atoms with van der Waals surface area (Å²) in [6.45, 7) is 3.29. The molecule has 0 aliphatic carbocycles. The van der Waals surface area contributed by atoms with Gasteiger partial charge in [0.2, 0.25) is 0 Å². The minimum atomic E-state index is -0.0487. The van der Waals surface area contributed by atoms with Gasteiger partial charge >= 0.3 is 0 Å². The Morgan fingerprint density at radius 1 is 1.05 bits per heavy atom. The van der Waals surface area contributed by atoms with E-state index in [2.05, 4.69) is 36.0 Å². The molecule has 0 saturated heterocycles. The molecule has 0 saturated carbocycles. The summed E-state index contributed by atoms with van der Waals surface area (Å²) >= 11 is 5.48. The van der Waals surface area contributed by atoms with Crippen molar-refractivity contribution in [3.63, 3.8) is 0 Å². The summed E-state index contributed by atoms with van der Waals surface area (Å²) in [5.74, 6) is 0. The molecule has 2 rings (SSSR count). The van der Waals surface area contributed by atoms with E-state index in [-0.39, 0.29) is 6.10 Å². The van der Waals surface area contributed by atoms with Crippen LogP contribution in [-0.4, -0.2) is 13.2 Å². The molecule has 0 spiro atoms. The molecule has 0 amide bonds. The first kappa shape index (κ1) is 14.1. The van der Waals surface area contributed by atoms with E-state index in [1.165, 1.54) is 11.1 Å². The van der Waals surface area contributed by atoms with E-state index >= 15 is 0 Å². The normalized spacial score (nSPS) is 12.3. The largest absolute Gasteiger partial charge is 0.367 e. The smallest absolute Gasteiger partial charge is 0.108 e. The van der Waals surface area contributed by atoms with Crippen LogP contribution < -0.4 is 4.84 Å². The lowest BCUT2D eigenvalue weighted by molar-refractivity contribution is 0.0844. The van der Waals surface area contributed by atoms with Gasteiger partial charge in [0.15, 0.2) is 0 Å². The van der Waals surface area contributed by atoms with Gasteiger partial charge in [0, 0.05) is 6.54 Å². The average molecular weight is 276 g/mol. The number of benzene rings is 2. The van der Waals surface area contributed by atoms with Crippen molar-refractivity contribution in [2.45, 2.75) is 13.0 Å². The zero-order valence-electron chi connectivity index (χ0n) is 11.0. The van der Waals surface area contributed by atoms with Gasteiger partial charge in [-0.15, -0.1) is 0 Å². The summed E-state index contributed by atoms with van der Waals surface area (Å²) in [4.78, 5) is 2.59. The van der Waals surface area contributed by atoms with E-state index in [9.17, 15) is 0 Å². The van der Waals surface area contributed by atoms with Gasteiger partial charge in [0.05, 0.1) is 6.61 Å². The Labute approximate surface area is 119 Å². The molecular weight excluding hydrogens is 258 g/mol. The third-order valence-electron chi connectivity index (χ3n) is 3.05. The molecule has 0 aliphatic rings. The van der Waals surface area contributed by atoms with Gasteiger partial charge in [0.1, 0.15) is 6.10 Å². The maximum atomic E-state index is 5.99. The number of rotatable bonds is 6. The van der Waals surface area contributed by atoms with E-state index in [0.717, 1.165) is 5.56 Å². The Hall–Kier alpha value is -1.35. The summed E-state index contributed by atoms with van der Waals surface area (Å²) in [6.07, 6.45) is -0.0487.